The van der Waals surface area contributed by atoms with E-state index in [2.05, 4.69) is 41.3 Å². The van der Waals surface area contributed by atoms with Gasteiger partial charge in [-0.1, -0.05) is 19.9 Å². The predicted molar refractivity (Wildman–Crippen MR) is 82.1 cm³/mol. The van der Waals surface area contributed by atoms with Gasteiger partial charge in [0, 0.05) is 18.7 Å². The molecule has 0 atom stereocenters. The van der Waals surface area contributed by atoms with E-state index >= 15 is 0 Å². The van der Waals surface area contributed by atoms with Gasteiger partial charge in [-0.3, -0.25) is 0 Å². The largest absolute Gasteiger partial charge is 0.496 e. The predicted octanol–water partition coefficient (Wildman–Crippen LogP) is 2.90. The molecule has 1 aromatic carbocycles. The Hall–Kier alpha value is -2.30. The van der Waals surface area contributed by atoms with Crippen LogP contribution in [0.2, 0.25) is 0 Å². The monoisotopic (exact) mass is 272 g/mol. The minimum atomic E-state index is 0.240. The molecule has 20 heavy (non-hydrogen) atoms. The Morgan fingerprint density at radius 2 is 1.95 bits per heavy atom. The van der Waals surface area contributed by atoms with E-state index in [1.807, 2.05) is 12.1 Å². The second-order valence-electron chi connectivity index (χ2n) is 4.86. The summed E-state index contributed by atoms with van der Waals surface area (Å²) in [6, 6.07) is 7.97. The Kier molecular flexibility index (Phi) is 4.08. The van der Waals surface area contributed by atoms with Crippen molar-refractivity contribution in [3.8, 4) is 17.0 Å². The van der Waals surface area contributed by atoms with E-state index in [0.29, 0.717) is 11.7 Å². The molecule has 0 spiro atoms. The smallest absolute Gasteiger partial charge is 0.222 e. The standard InChI is InChI=1S/C15H20N4O/c1-9(2)10-5-6-13(20-4)11(7-10)12-8-14(17-3)19-15(16)18-12/h5-9H,1-4H3,(H3,16,17,18,19). The van der Waals surface area contributed by atoms with Crippen LogP contribution in [0.1, 0.15) is 25.3 Å². The summed E-state index contributed by atoms with van der Waals surface area (Å²) in [5, 5.41) is 2.98. The number of methoxy groups -OCH3 is 1. The topological polar surface area (TPSA) is 73.1 Å². The zero-order chi connectivity index (χ0) is 14.7. The molecule has 0 aliphatic heterocycles. The van der Waals surface area contributed by atoms with Crippen LogP contribution in [0.15, 0.2) is 24.3 Å². The van der Waals surface area contributed by atoms with Crippen molar-refractivity contribution in [2.75, 3.05) is 25.2 Å². The molecule has 1 aromatic heterocycles. The molecule has 0 aliphatic rings. The Morgan fingerprint density at radius 1 is 1.20 bits per heavy atom. The number of hydrogen-bond acceptors (Lipinski definition) is 5. The first kappa shape index (κ1) is 14.1. The maximum absolute atomic E-state index is 5.76. The summed E-state index contributed by atoms with van der Waals surface area (Å²) in [5.74, 6) is 2.13. The van der Waals surface area contributed by atoms with Crippen molar-refractivity contribution in [3.05, 3.63) is 29.8 Å². The van der Waals surface area contributed by atoms with Crippen LogP contribution in [0.4, 0.5) is 11.8 Å². The Balaban J connectivity index is 2.60. The molecule has 0 saturated carbocycles. The van der Waals surface area contributed by atoms with Crippen LogP contribution in [0, 0.1) is 0 Å². The van der Waals surface area contributed by atoms with E-state index < -0.39 is 0 Å². The summed E-state index contributed by atoms with van der Waals surface area (Å²) in [4.78, 5) is 8.41. The highest BCUT2D eigenvalue weighted by molar-refractivity contribution is 5.71. The molecule has 0 amide bonds. The average molecular weight is 272 g/mol. The number of nitrogens with zero attached hydrogens (tertiary/aromatic N) is 2. The third-order valence-electron chi connectivity index (χ3n) is 3.17. The van der Waals surface area contributed by atoms with Gasteiger partial charge in [0.2, 0.25) is 5.95 Å². The molecule has 0 saturated heterocycles. The zero-order valence-corrected chi connectivity index (χ0v) is 12.3. The first-order valence-corrected chi connectivity index (χ1v) is 6.55. The molecule has 5 heteroatoms. The summed E-state index contributed by atoms with van der Waals surface area (Å²) in [6.45, 7) is 4.30. The van der Waals surface area contributed by atoms with Crippen molar-refractivity contribution in [2.24, 2.45) is 0 Å². The molecular formula is C15H20N4O. The third kappa shape index (κ3) is 2.82. The van der Waals surface area contributed by atoms with Crippen molar-refractivity contribution in [1.82, 2.24) is 9.97 Å². The molecule has 2 aromatic rings. The summed E-state index contributed by atoms with van der Waals surface area (Å²) in [7, 11) is 3.45. The van der Waals surface area contributed by atoms with E-state index in [0.717, 1.165) is 17.0 Å². The normalized spacial score (nSPS) is 10.7. The summed E-state index contributed by atoms with van der Waals surface area (Å²) in [6.07, 6.45) is 0. The van der Waals surface area contributed by atoms with Crippen molar-refractivity contribution in [1.29, 1.82) is 0 Å². The molecular weight excluding hydrogens is 252 g/mol. The van der Waals surface area contributed by atoms with E-state index in [1.165, 1.54) is 5.56 Å². The molecule has 1 heterocycles. The van der Waals surface area contributed by atoms with Crippen LogP contribution in [-0.2, 0) is 0 Å². The molecule has 3 N–H and O–H groups in total. The summed E-state index contributed by atoms with van der Waals surface area (Å²) < 4.78 is 5.43. The second kappa shape index (κ2) is 5.77. The van der Waals surface area contributed by atoms with Gasteiger partial charge in [-0.2, -0.15) is 4.98 Å². The SMILES string of the molecule is CNc1cc(-c2cc(C(C)C)ccc2OC)nc(N)n1. The minimum absolute atomic E-state index is 0.240. The van der Waals surface area contributed by atoms with Crippen LogP contribution in [0.25, 0.3) is 11.3 Å². The fraction of sp³-hybridized carbons (Fsp3) is 0.333. The Labute approximate surface area is 119 Å². The molecule has 0 fully saturated rings. The van der Waals surface area contributed by atoms with Gasteiger partial charge in [-0.25, -0.2) is 4.98 Å². The van der Waals surface area contributed by atoms with Crippen LogP contribution < -0.4 is 15.8 Å². The van der Waals surface area contributed by atoms with E-state index in [-0.39, 0.29) is 5.95 Å². The highest BCUT2D eigenvalue weighted by Crippen LogP contribution is 2.32. The first-order valence-electron chi connectivity index (χ1n) is 6.55. The number of anilines is 2. The van der Waals surface area contributed by atoms with E-state index in [1.54, 1.807) is 14.2 Å². The minimum Gasteiger partial charge on any atom is -0.496 e. The lowest BCUT2D eigenvalue weighted by atomic mass is 9.99. The fourth-order valence-electron chi connectivity index (χ4n) is 2.02. The molecule has 0 aliphatic carbocycles. The Morgan fingerprint density at radius 3 is 2.55 bits per heavy atom. The Bertz CT molecular complexity index is 611. The van der Waals surface area contributed by atoms with Gasteiger partial charge in [0.25, 0.3) is 0 Å². The number of nitrogen functional groups attached to an aromatic ring is 1. The van der Waals surface area contributed by atoms with E-state index in [4.69, 9.17) is 10.5 Å². The highest BCUT2D eigenvalue weighted by Gasteiger charge is 2.12. The van der Waals surface area contributed by atoms with Crippen molar-refractivity contribution >= 4 is 11.8 Å². The number of hydrogen-bond donors (Lipinski definition) is 2. The highest BCUT2D eigenvalue weighted by atomic mass is 16.5. The zero-order valence-electron chi connectivity index (χ0n) is 12.3. The lowest BCUT2D eigenvalue weighted by Crippen LogP contribution is -2.02. The molecule has 0 radical (unpaired) electrons. The average Bonchev–Trinajstić information content (AvgIpc) is 2.45. The van der Waals surface area contributed by atoms with Crippen LogP contribution >= 0.6 is 0 Å². The quantitative estimate of drug-likeness (QED) is 0.895. The van der Waals surface area contributed by atoms with Gasteiger partial charge in [-0.05, 0) is 23.6 Å². The van der Waals surface area contributed by atoms with Gasteiger partial charge in [0.15, 0.2) is 0 Å². The van der Waals surface area contributed by atoms with Gasteiger partial charge >= 0.3 is 0 Å². The van der Waals surface area contributed by atoms with Crippen molar-refractivity contribution in [2.45, 2.75) is 19.8 Å². The fourth-order valence-corrected chi connectivity index (χ4v) is 2.02. The first-order chi connectivity index (χ1) is 9.55. The molecule has 5 nitrogen and oxygen atoms in total. The van der Waals surface area contributed by atoms with Crippen LogP contribution in [0.3, 0.4) is 0 Å². The summed E-state index contributed by atoms with van der Waals surface area (Å²) >= 11 is 0. The number of nitrogens with two attached hydrogens (primary N) is 1. The maximum atomic E-state index is 5.76. The number of ether oxygens (including phenoxy) is 1. The second-order valence-corrected chi connectivity index (χ2v) is 4.86. The molecule has 2 rings (SSSR count). The van der Waals surface area contributed by atoms with Crippen molar-refractivity contribution in [3.63, 3.8) is 0 Å². The van der Waals surface area contributed by atoms with E-state index in [9.17, 15) is 0 Å². The van der Waals surface area contributed by atoms with Gasteiger partial charge in [0.05, 0.1) is 12.8 Å². The van der Waals surface area contributed by atoms with Crippen LogP contribution in [-0.4, -0.2) is 24.1 Å². The van der Waals surface area contributed by atoms with Crippen molar-refractivity contribution < 1.29 is 4.74 Å². The lowest BCUT2D eigenvalue weighted by Gasteiger charge is -2.13. The number of rotatable bonds is 4. The van der Waals surface area contributed by atoms with Gasteiger partial charge < -0.3 is 15.8 Å². The van der Waals surface area contributed by atoms with Gasteiger partial charge in [0.1, 0.15) is 11.6 Å². The summed E-state index contributed by atoms with van der Waals surface area (Å²) in [5.41, 5.74) is 8.66. The third-order valence-corrected chi connectivity index (χ3v) is 3.17. The lowest BCUT2D eigenvalue weighted by molar-refractivity contribution is 0.416. The molecule has 0 bridgehead atoms. The number of benzene rings is 1. The molecule has 0 unspecified atom stereocenters. The number of nitrogens with one attached hydrogen (secondary N) is 1. The maximum Gasteiger partial charge on any atom is 0.222 e. The molecule has 106 valence electrons. The number of aromatic nitrogens is 2. The van der Waals surface area contributed by atoms with Gasteiger partial charge in [-0.15, -0.1) is 0 Å². The van der Waals surface area contributed by atoms with Crippen LogP contribution in [0.5, 0.6) is 5.75 Å².